The van der Waals surface area contributed by atoms with E-state index >= 15 is 0 Å². The molecule has 0 spiro atoms. The van der Waals surface area contributed by atoms with Gasteiger partial charge in [-0.2, -0.15) is 0 Å². The number of hydrogen-bond acceptors (Lipinski definition) is 3. The van der Waals surface area contributed by atoms with Gasteiger partial charge in [-0.05, 0) is 13.5 Å². The molecule has 0 aliphatic carbocycles. The summed E-state index contributed by atoms with van der Waals surface area (Å²) in [6.07, 6.45) is 0.639. The fraction of sp³-hybridized carbons (Fsp3) is 0.500. The van der Waals surface area contributed by atoms with Crippen molar-refractivity contribution in [3.05, 3.63) is 22.9 Å². The summed E-state index contributed by atoms with van der Waals surface area (Å²) in [6, 6.07) is 0. The van der Waals surface area contributed by atoms with Crippen molar-refractivity contribution in [2.75, 3.05) is 6.61 Å². The second-order valence-electron chi connectivity index (χ2n) is 0.784. The van der Waals surface area contributed by atoms with Crippen LogP contribution in [-0.4, -0.2) is 16.6 Å². The highest BCUT2D eigenvalue weighted by molar-refractivity contribution is 4.43. The van der Waals surface area contributed by atoms with Gasteiger partial charge in [-0.1, -0.05) is 0 Å². The van der Waals surface area contributed by atoms with E-state index in [0.29, 0.717) is 6.20 Å². The van der Waals surface area contributed by atoms with Crippen molar-refractivity contribution in [3.8, 4) is 0 Å². The van der Waals surface area contributed by atoms with Gasteiger partial charge in [0.05, 0.1) is 4.92 Å². The van der Waals surface area contributed by atoms with Gasteiger partial charge in [-0.15, -0.1) is 0 Å². The van der Waals surface area contributed by atoms with Gasteiger partial charge in [0.15, 0.2) is 0 Å². The van der Waals surface area contributed by atoms with Crippen LogP contribution in [0.3, 0.4) is 0 Å². The number of aliphatic hydroxyl groups excluding tert-OH is 1. The Hall–Kier alpha value is -0.900. The van der Waals surface area contributed by atoms with Gasteiger partial charge in [0.2, 0.25) is 6.20 Å². The molecule has 0 bridgehead atoms. The lowest BCUT2D eigenvalue weighted by Gasteiger charge is -1.65. The number of rotatable bonds is 1. The van der Waals surface area contributed by atoms with Gasteiger partial charge < -0.3 is 5.11 Å². The number of nitrogens with zero attached hydrogens (tertiary/aromatic N) is 1. The first-order valence-electron chi connectivity index (χ1n) is 2.05. The molecule has 0 amide bonds. The Kier molecular flexibility index (Phi) is 12.0. The maximum atomic E-state index is 9.06. The monoisotopic (exact) mass is 119 g/mol. The maximum absolute atomic E-state index is 9.06. The Bertz CT molecular complexity index is 71.7. The molecule has 48 valence electrons. The van der Waals surface area contributed by atoms with E-state index in [4.69, 9.17) is 15.2 Å². The largest absolute Gasteiger partial charge is 0.397 e. The Morgan fingerprint density at radius 3 is 2.12 bits per heavy atom. The summed E-state index contributed by atoms with van der Waals surface area (Å²) in [5, 5.41) is 16.6. The van der Waals surface area contributed by atoms with Crippen LogP contribution in [0, 0.1) is 10.1 Å². The second kappa shape index (κ2) is 9.44. The van der Waals surface area contributed by atoms with Crippen molar-refractivity contribution >= 4 is 0 Å². The fourth-order valence-electron chi connectivity index (χ4n) is 0. The third-order valence-corrected chi connectivity index (χ3v) is 0.149. The molecule has 0 aromatic rings. The van der Waals surface area contributed by atoms with Gasteiger partial charge in [0, 0.05) is 6.61 Å². The predicted octanol–water partition coefficient (Wildman–Crippen LogP) is 0.405. The van der Waals surface area contributed by atoms with Crippen LogP contribution in [0.2, 0.25) is 0 Å². The SMILES string of the molecule is C=C[N+](=O)[O-].CCO. The molecule has 0 heterocycles. The minimum absolute atomic E-state index is 0.250. The van der Waals surface area contributed by atoms with Gasteiger partial charge in [0.1, 0.15) is 0 Å². The summed E-state index contributed by atoms with van der Waals surface area (Å²) >= 11 is 0. The Morgan fingerprint density at radius 1 is 2.00 bits per heavy atom. The molecule has 0 saturated carbocycles. The van der Waals surface area contributed by atoms with Crippen molar-refractivity contribution in [3.63, 3.8) is 0 Å². The third-order valence-electron chi connectivity index (χ3n) is 0.149. The average molecular weight is 119 g/mol. The highest BCUT2D eigenvalue weighted by Gasteiger charge is 1.69. The molecule has 4 nitrogen and oxygen atoms in total. The lowest BCUT2D eigenvalue weighted by molar-refractivity contribution is -0.401. The Labute approximate surface area is 47.6 Å². The summed E-state index contributed by atoms with van der Waals surface area (Å²) in [4.78, 5) is 8.44. The molecular formula is C4H9NO3. The molecule has 0 aromatic carbocycles. The zero-order chi connectivity index (χ0) is 6.99. The first-order valence-corrected chi connectivity index (χ1v) is 2.05. The van der Waals surface area contributed by atoms with E-state index in [1.165, 1.54) is 0 Å². The zero-order valence-electron chi connectivity index (χ0n) is 4.70. The lowest BCUT2D eigenvalue weighted by atomic mass is 10.9. The molecule has 4 heteroatoms. The van der Waals surface area contributed by atoms with Crippen LogP contribution < -0.4 is 0 Å². The summed E-state index contributed by atoms with van der Waals surface area (Å²) in [7, 11) is 0. The van der Waals surface area contributed by atoms with E-state index < -0.39 is 4.92 Å². The first-order chi connectivity index (χ1) is 3.68. The summed E-state index contributed by atoms with van der Waals surface area (Å²) in [5.41, 5.74) is 0. The van der Waals surface area contributed by atoms with E-state index in [9.17, 15) is 0 Å². The van der Waals surface area contributed by atoms with Crippen molar-refractivity contribution in [1.29, 1.82) is 0 Å². The van der Waals surface area contributed by atoms with Crippen LogP contribution in [0.4, 0.5) is 0 Å². The van der Waals surface area contributed by atoms with Crippen LogP contribution in [0.5, 0.6) is 0 Å². The number of aliphatic hydroxyl groups is 1. The molecule has 0 unspecified atom stereocenters. The summed E-state index contributed by atoms with van der Waals surface area (Å²) in [6.45, 7) is 4.79. The molecule has 0 aromatic heterocycles. The summed E-state index contributed by atoms with van der Waals surface area (Å²) < 4.78 is 0. The molecule has 0 fully saturated rings. The molecule has 0 radical (unpaired) electrons. The molecule has 8 heavy (non-hydrogen) atoms. The molecular weight excluding hydrogens is 110 g/mol. The minimum Gasteiger partial charge on any atom is -0.397 e. The van der Waals surface area contributed by atoms with Crippen LogP contribution in [-0.2, 0) is 0 Å². The van der Waals surface area contributed by atoms with E-state index in [2.05, 4.69) is 6.58 Å². The minimum atomic E-state index is -0.611. The van der Waals surface area contributed by atoms with Gasteiger partial charge in [0.25, 0.3) is 0 Å². The van der Waals surface area contributed by atoms with Crippen molar-refractivity contribution in [2.45, 2.75) is 6.92 Å². The van der Waals surface area contributed by atoms with Crippen LogP contribution in [0.25, 0.3) is 0 Å². The molecule has 0 aliphatic heterocycles. The smallest absolute Gasteiger partial charge is 0.227 e. The van der Waals surface area contributed by atoms with Gasteiger partial charge in [-0.3, -0.25) is 10.1 Å². The zero-order valence-corrected chi connectivity index (χ0v) is 4.70. The van der Waals surface area contributed by atoms with E-state index in [1.54, 1.807) is 6.92 Å². The highest BCUT2D eigenvalue weighted by Crippen LogP contribution is 1.57. The fourth-order valence-corrected chi connectivity index (χ4v) is 0. The third kappa shape index (κ3) is 70.9. The normalized spacial score (nSPS) is 6.25. The molecule has 0 rings (SSSR count). The molecule has 0 saturated heterocycles. The molecule has 1 N–H and O–H groups in total. The molecule has 0 aliphatic rings. The van der Waals surface area contributed by atoms with Crippen molar-refractivity contribution < 1.29 is 10.0 Å². The van der Waals surface area contributed by atoms with Gasteiger partial charge in [-0.25, -0.2) is 0 Å². The number of hydrogen-bond donors (Lipinski definition) is 1. The molecule has 0 atom stereocenters. The van der Waals surface area contributed by atoms with Crippen LogP contribution in [0.15, 0.2) is 12.8 Å². The quantitative estimate of drug-likeness (QED) is 0.401. The lowest BCUT2D eigenvalue weighted by Crippen LogP contribution is -1.77. The Balaban J connectivity index is 0. The summed E-state index contributed by atoms with van der Waals surface area (Å²) in [5.74, 6) is 0. The van der Waals surface area contributed by atoms with Crippen molar-refractivity contribution in [1.82, 2.24) is 0 Å². The highest BCUT2D eigenvalue weighted by atomic mass is 16.6. The van der Waals surface area contributed by atoms with Crippen LogP contribution in [0.1, 0.15) is 6.92 Å². The number of nitro groups is 1. The van der Waals surface area contributed by atoms with Crippen molar-refractivity contribution in [2.24, 2.45) is 0 Å². The van der Waals surface area contributed by atoms with E-state index in [0.717, 1.165) is 0 Å². The maximum Gasteiger partial charge on any atom is 0.227 e. The second-order valence-corrected chi connectivity index (χ2v) is 0.784. The van der Waals surface area contributed by atoms with Gasteiger partial charge >= 0.3 is 0 Å². The average Bonchev–Trinajstić information content (AvgIpc) is 1.69. The van der Waals surface area contributed by atoms with Crippen LogP contribution >= 0.6 is 0 Å². The predicted molar refractivity (Wildman–Crippen MR) is 30.0 cm³/mol. The Morgan fingerprint density at radius 2 is 2.12 bits per heavy atom. The standard InChI is InChI=1S/C2H3NO2.C2H6O/c1-2-3(4)5;1-2-3/h2H,1H2;3H,2H2,1H3. The van der Waals surface area contributed by atoms with E-state index in [-0.39, 0.29) is 6.61 Å². The van der Waals surface area contributed by atoms with E-state index in [1.807, 2.05) is 0 Å². The topological polar surface area (TPSA) is 63.4 Å². The first kappa shape index (κ1) is 10.2.